The highest BCUT2D eigenvalue weighted by Crippen LogP contribution is 2.19. The number of amides is 1. The van der Waals surface area contributed by atoms with E-state index in [1.165, 1.54) is 0 Å². The molecule has 1 aromatic carbocycles. The topological polar surface area (TPSA) is 49.6 Å². The van der Waals surface area contributed by atoms with E-state index >= 15 is 0 Å². The van der Waals surface area contributed by atoms with Crippen LogP contribution in [0.2, 0.25) is 0 Å². The molecule has 5 heteroatoms. The van der Waals surface area contributed by atoms with Gasteiger partial charge in [-0.3, -0.25) is 4.79 Å². The van der Waals surface area contributed by atoms with Gasteiger partial charge in [-0.2, -0.15) is 11.3 Å². The minimum atomic E-state index is 0.223. The fraction of sp³-hybridized carbons (Fsp3) is 0.312. The molecule has 1 aliphatic rings. The second kappa shape index (κ2) is 6.18. The van der Waals surface area contributed by atoms with Crippen molar-refractivity contribution in [2.24, 2.45) is 0 Å². The lowest BCUT2D eigenvalue weighted by molar-refractivity contribution is -0.130. The molecule has 0 radical (unpaired) electrons. The molecule has 1 aromatic heterocycles. The zero-order chi connectivity index (χ0) is 14.7. The van der Waals surface area contributed by atoms with E-state index in [1.807, 2.05) is 39.9 Å². The molecule has 0 atom stereocenters. The molecule has 2 heterocycles. The van der Waals surface area contributed by atoms with Gasteiger partial charge in [0.05, 0.1) is 6.42 Å². The monoisotopic (exact) mass is 301 g/mol. The SMILES string of the molecule is Nc1cccc(N2CCN(C(=O)Cc3ccsc3)CC2)c1. The first-order valence-corrected chi connectivity index (χ1v) is 8.06. The third kappa shape index (κ3) is 3.36. The Bertz CT molecular complexity index is 604. The summed E-state index contributed by atoms with van der Waals surface area (Å²) in [6.45, 7) is 3.27. The van der Waals surface area contributed by atoms with E-state index in [0.29, 0.717) is 6.42 Å². The molecule has 0 bridgehead atoms. The standard InChI is InChI=1S/C16H19N3OS/c17-14-2-1-3-15(11-14)18-5-7-19(8-6-18)16(20)10-13-4-9-21-12-13/h1-4,9,11-12H,5-8,10,17H2. The molecule has 1 fully saturated rings. The van der Waals surface area contributed by atoms with Crippen LogP contribution >= 0.6 is 11.3 Å². The largest absolute Gasteiger partial charge is 0.399 e. The van der Waals surface area contributed by atoms with Crippen molar-refractivity contribution in [1.29, 1.82) is 0 Å². The molecule has 21 heavy (non-hydrogen) atoms. The lowest BCUT2D eigenvalue weighted by atomic mass is 10.2. The van der Waals surface area contributed by atoms with Crippen LogP contribution < -0.4 is 10.6 Å². The van der Waals surface area contributed by atoms with Crippen molar-refractivity contribution in [2.75, 3.05) is 36.8 Å². The van der Waals surface area contributed by atoms with Crippen molar-refractivity contribution in [3.63, 3.8) is 0 Å². The van der Waals surface area contributed by atoms with Gasteiger partial charge in [-0.25, -0.2) is 0 Å². The summed E-state index contributed by atoms with van der Waals surface area (Å²) in [5.74, 6) is 0.223. The number of piperazine rings is 1. The van der Waals surface area contributed by atoms with Gasteiger partial charge >= 0.3 is 0 Å². The number of nitrogens with two attached hydrogens (primary N) is 1. The molecule has 1 aliphatic heterocycles. The number of hydrogen-bond acceptors (Lipinski definition) is 4. The molecule has 1 amide bonds. The minimum absolute atomic E-state index is 0.223. The maximum absolute atomic E-state index is 12.3. The zero-order valence-corrected chi connectivity index (χ0v) is 12.7. The van der Waals surface area contributed by atoms with E-state index in [9.17, 15) is 4.79 Å². The third-order valence-corrected chi connectivity index (χ3v) is 4.54. The Balaban J connectivity index is 1.56. The maximum Gasteiger partial charge on any atom is 0.227 e. The van der Waals surface area contributed by atoms with Crippen LogP contribution in [0.4, 0.5) is 11.4 Å². The summed E-state index contributed by atoms with van der Waals surface area (Å²) in [5.41, 5.74) is 8.86. The number of anilines is 2. The Morgan fingerprint density at radius 1 is 1.19 bits per heavy atom. The van der Waals surface area contributed by atoms with Gasteiger partial charge in [0.1, 0.15) is 0 Å². The van der Waals surface area contributed by atoms with E-state index in [-0.39, 0.29) is 5.91 Å². The Morgan fingerprint density at radius 3 is 2.67 bits per heavy atom. The Hall–Kier alpha value is -2.01. The number of carbonyl (C=O) groups excluding carboxylic acids is 1. The van der Waals surface area contributed by atoms with Crippen LogP contribution in [-0.4, -0.2) is 37.0 Å². The van der Waals surface area contributed by atoms with Gasteiger partial charge in [0, 0.05) is 37.6 Å². The molecule has 0 unspecified atom stereocenters. The first-order valence-electron chi connectivity index (χ1n) is 7.12. The highest BCUT2D eigenvalue weighted by atomic mass is 32.1. The van der Waals surface area contributed by atoms with Crippen molar-refractivity contribution in [2.45, 2.75) is 6.42 Å². The number of nitrogen functional groups attached to an aromatic ring is 1. The Kier molecular flexibility index (Phi) is 4.10. The van der Waals surface area contributed by atoms with Crippen molar-refractivity contribution >= 4 is 28.6 Å². The lowest BCUT2D eigenvalue weighted by Gasteiger charge is -2.36. The number of nitrogens with zero attached hydrogens (tertiary/aromatic N) is 2. The van der Waals surface area contributed by atoms with E-state index < -0.39 is 0 Å². The second-order valence-electron chi connectivity index (χ2n) is 5.27. The fourth-order valence-electron chi connectivity index (χ4n) is 2.62. The highest BCUT2D eigenvalue weighted by Gasteiger charge is 2.21. The average molecular weight is 301 g/mol. The molecule has 3 rings (SSSR count). The van der Waals surface area contributed by atoms with Crippen LogP contribution in [0.1, 0.15) is 5.56 Å². The highest BCUT2D eigenvalue weighted by molar-refractivity contribution is 7.07. The molecule has 2 aromatic rings. The number of hydrogen-bond donors (Lipinski definition) is 1. The third-order valence-electron chi connectivity index (χ3n) is 3.80. The molecule has 0 aliphatic carbocycles. The summed E-state index contributed by atoms with van der Waals surface area (Å²) in [5, 5.41) is 4.06. The van der Waals surface area contributed by atoms with Crippen LogP contribution in [0.5, 0.6) is 0 Å². The predicted octanol–water partition coefficient (Wildman–Crippen LogP) is 2.22. The molecular weight excluding hydrogens is 282 g/mol. The Labute approximate surface area is 128 Å². The van der Waals surface area contributed by atoms with Gasteiger partial charge in [0.2, 0.25) is 5.91 Å². The van der Waals surface area contributed by atoms with Crippen molar-refractivity contribution in [1.82, 2.24) is 4.90 Å². The molecule has 110 valence electrons. The fourth-order valence-corrected chi connectivity index (χ4v) is 3.28. The van der Waals surface area contributed by atoms with Crippen LogP contribution in [0.3, 0.4) is 0 Å². The van der Waals surface area contributed by atoms with Gasteiger partial charge < -0.3 is 15.5 Å². The quantitative estimate of drug-likeness (QED) is 0.884. The summed E-state index contributed by atoms with van der Waals surface area (Å²) >= 11 is 1.64. The van der Waals surface area contributed by atoms with E-state index in [0.717, 1.165) is 43.1 Å². The first-order chi connectivity index (χ1) is 10.2. The van der Waals surface area contributed by atoms with Gasteiger partial charge in [0.25, 0.3) is 0 Å². The van der Waals surface area contributed by atoms with Crippen molar-refractivity contribution in [3.8, 4) is 0 Å². The average Bonchev–Trinajstić information content (AvgIpc) is 3.00. The Morgan fingerprint density at radius 2 is 2.00 bits per heavy atom. The molecule has 0 spiro atoms. The smallest absolute Gasteiger partial charge is 0.227 e. The molecule has 4 nitrogen and oxygen atoms in total. The number of carbonyl (C=O) groups is 1. The molecule has 1 saturated heterocycles. The van der Waals surface area contributed by atoms with Crippen molar-refractivity contribution < 1.29 is 4.79 Å². The van der Waals surface area contributed by atoms with Crippen LogP contribution in [0.25, 0.3) is 0 Å². The van der Waals surface area contributed by atoms with Crippen LogP contribution in [0.15, 0.2) is 41.1 Å². The summed E-state index contributed by atoms with van der Waals surface area (Å²) in [7, 11) is 0. The number of benzene rings is 1. The van der Waals surface area contributed by atoms with Gasteiger partial charge in [-0.05, 0) is 40.6 Å². The maximum atomic E-state index is 12.3. The second-order valence-corrected chi connectivity index (χ2v) is 6.05. The summed E-state index contributed by atoms with van der Waals surface area (Å²) in [6.07, 6.45) is 0.516. The minimum Gasteiger partial charge on any atom is -0.399 e. The zero-order valence-electron chi connectivity index (χ0n) is 11.9. The molecule has 0 saturated carbocycles. The van der Waals surface area contributed by atoms with E-state index in [4.69, 9.17) is 5.73 Å². The van der Waals surface area contributed by atoms with Gasteiger partial charge in [-0.15, -0.1) is 0 Å². The molecule has 2 N–H and O–H groups in total. The first kappa shape index (κ1) is 13.9. The van der Waals surface area contributed by atoms with Crippen LogP contribution in [-0.2, 0) is 11.2 Å². The normalized spacial score (nSPS) is 15.2. The number of rotatable bonds is 3. The van der Waals surface area contributed by atoms with Gasteiger partial charge in [0.15, 0.2) is 0 Å². The predicted molar refractivity (Wildman–Crippen MR) is 87.7 cm³/mol. The summed E-state index contributed by atoms with van der Waals surface area (Å²) < 4.78 is 0. The van der Waals surface area contributed by atoms with E-state index in [1.54, 1.807) is 11.3 Å². The van der Waals surface area contributed by atoms with Crippen molar-refractivity contribution in [3.05, 3.63) is 46.7 Å². The molecular formula is C16H19N3OS. The number of thiophene rings is 1. The lowest BCUT2D eigenvalue weighted by Crippen LogP contribution is -2.49. The van der Waals surface area contributed by atoms with Gasteiger partial charge in [-0.1, -0.05) is 6.07 Å². The van der Waals surface area contributed by atoms with Crippen LogP contribution in [0, 0.1) is 0 Å². The van der Waals surface area contributed by atoms with E-state index in [2.05, 4.69) is 11.0 Å². The summed E-state index contributed by atoms with van der Waals surface area (Å²) in [4.78, 5) is 16.5. The summed E-state index contributed by atoms with van der Waals surface area (Å²) in [6, 6.07) is 9.94.